The van der Waals surface area contributed by atoms with Crippen LogP contribution in [0.1, 0.15) is 5.82 Å². The van der Waals surface area contributed by atoms with Gasteiger partial charge in [0.25, 0.3) is 0 Å². The third-order valence-electron chi connectivity index (χ3n) is 2.65. The Kier molecular flexibility index (Phi) is 4.96. The van der Waals surface area contributed by atoms with Crippen molar-refractivity contribution >= 4 is 21.6 Å². The second-order valence-corrected chi connectivity index (χ2v) is 7.71. The third kappa shape index (κ3) is 4.26. The Morgan fingerprint density at radius 1 is 1.29 bits per heavy atom. The van der Waals surface area contributed by atoms with E-state index in [4.69, 9.17) is 5.73 Å². The fourth-order valence-electron chi connectivity index (χ4n) is 1.66. The van der Waals surface area contributed by atoms with Gasteiger partial charge in [0.1, 0.15) is 15.7 Å². The maximum absolute atomic E-state index is 13.0. The fraction of sp³-hybridized carbons (Fsp3) is 0.333. The van der Waals surface area contributed by atoms with Crippen molar-refractivity contribution in [1.82, 2.24) is 14.8 Å². The summed E-state index contributed by atoms with van der Waals surface area (Å²) >= 11 is 1.27. The summed E-state index contributed by atoms with van der Waals surface area (Å²) < 4.78 is 37.0. The van der Waals surface area contributed by atoms with Crippen LogP contribution in [0.5, 0.6) is 0 Å². The van der Waals surface area contributed by atoms with E-state index in [1.165, 1.54) is 30.2 Å². The van der Waals surface area contributed by atoms with E-state index in [0.29, 0.717) is 22.4 Å². The van der Waals surface area contributed by atoms with Crippen LogP contribution in [-0.4, -0.2) is 40.9 Å². The first-order valence-electron chi connectivity index (χ1n) is 6.11. The van der Waals surface area contributed by atoms with E-state index >= 15 is 0 Å². The predicted molar refractivity (Wildman–Crippen MR) is 79.6 cm³/mol. The van der Waals surface area contributed by atoms with Crippen LogP contribution in [0.3, 0.4) is 0 Å². The van der Waals surface area contributed by atoms with E-state index in [1.54, 1.807) is 16.7 Å². The second-order valence-electron chi connectivity index (χ2n) is 4.39. The average Bonchev–Trinajstić information content (AvgIpc) is 2.81. The maximum Gasteiger partial charge on any atom is 0.195 e. The molecule has 0 spiro atoms. The zero-order valence-electron chi connectivity index (χ0n) is 11.4. The minimum Gasteiger partial charge on any atom is -0.324 e. The summed E-state index contributed by atoms with van der Waals surface area (Å²) in [4.78, 5) is 0. The van der Waals surface area contributed by atoms with Crippen molar-refractivity contribution in [2.75, 3.05) is 17.8 Å². The minimum absolute atomic E-state index is 0.0475. The zero-order chi connectivity index (χ0) is 15.5. The summed E-state index contributed by atoms with van der Waals surface area (Å²) in [7, 11) is -3.03. The van der Waals surface area contributed by atoms with Gasteiger partial charge >= 0.3 is 0 Å². The second kappa shape index (κ2) is 6.54. The Bertz CT molecular complexity index is 713. The first kappa shape index (κ1) is 15.9. The molecule has 2 rings (SSSR count). The number of benzene rings is 1. The molecule has 114 valence electrons. The van der Waals surface area contributed by atoms with Crippen molar-refractivity contribution in [3.05, 3.63) is 35.9 Å². The Morgan fingerprint density at radius 2 is 1.95 bits per heavy atom. The van der Waals surface area contributed by atoms with Gasteiger partial charge in [0.2, 0.25) is 0 Å². The van der Waals surface area contributed by atoms with Crippen LogP contribution in [0.4, 0.5) is 4.39 Å². The van der Waals surface area contributed by atoms with Crippen molar-refractivity contribution in [2.24, 2.45) is 5.73 Å². The molecule has 0 amide bonds. The standard InChI is InChI=1S/C12H15FN4O2S2/c1-21(18,19)7-6-20-12-16-15-11(8-14)17(12)10-4-2-9(13)3-5-10/h2-5H,6-8,14H2,1H3. The molecule has 0 aliphatic rings. The van der Waals surface area contributed by atoms with Gasteiger partial charge in [-0.25, -0.2) is 12.8 Å². The Balaban J connectivity index is 2.26. The smallest absolute Gasteiger partial charge is 0.195 e. The molecule has 6 nitrogen and oxygen atoms in total. The predicted octanol–water partition coefficient (Wildman–Crippen LogP) is 1.00. The summed E-state index contributed by atoms with van der Waals surface area (Å²) in [5.41, 5.74) is 6.31. The van der Waals surface area contributed by atoms with Gasteiger partial charge in [-0.05, 0) is 24.3 Å². The van der Waals surface area contributed by atoms with Gasteiger partial charge < -0.3 is 5.73 Å². The van der Waals surface area contributed by atoms with Crippen LogP contribution in [0.15, 0.2) is 29.4 Å². The highest BCUT2D eigenvalue weighted by Gasteiger charge is 2.14. The van der Waals surface area contributed by atoms with Gasteiger partial charge in [-0.1, -0.05) is 11.8 Å². The molecule has 1 heterocycles. The summed E-state index contributed by atoms with van der Waals surface area (Å²) in [6.45, 7) is 0.178. The molecule has 0 unspecified atom stereocenters. The van der Waals surface area contributed by atoms with Crippen LogP contribution in [0.2, 0.25) is 0 Å². The van der Waals surface area contributed by atoms with Crippen molar-refractivity contribution in [1.29, 1.82) is 0 Å². The molecular formula is C12H15FN4O2S2. The first-order valence-corrected chi connectivity index (χ1v) is 9.16. The van der Waals surface area contributed by atoms with E-state index in [-0.39, 0.29) is 18.1 Å². The van der Waals surface area contributed by atoms with E-state index in [2.05, 4.69) is 10.2 Å². The number of rotatable bonds is 6. The van der Waals surface area contributed by atoms with Gasteiger partial charge in [-0.3, -0.25) is 4.57 Å². The Labute approximate surface area is 126 Å². The molecule has 21 heavy (non-hydrogen) atoms. The Morgan fingerprint density at radius 3 is 2.52 bits per heavy atom. The molecular weight excluding hydrogens is 315 g/mol. The number of hydrogen-bond acceptors (Lipinski definition) is 6. The number of thioether (sulfide) groups is 1. The van der Waals surface area contributed by atoms with Crippen molar-refractivity contribution in [3.63, 3.8) is 0 Å². The lowest BCUT2D eigenvalue weighted by atomic mass is 10.3. The van der Waals surface area contributed by atoms with Gasteiger partial charge in [-0.15, -0.1) is 10.2 Å². The highest BCUT2D eigenvalue weighted by molar-refractivity contribution is 8.00. The molecule has 0 aliphatic carbocycles. The molecule has 1 aromatic heterocycles. The van der Waals surface area contributed by atoms with Crippen molar-refractivity contribution in [2.45, 2.75) is 11.7 Å². The van der Waals surface area contributed by atoms with Gasteiger partial charge in [-0.2, -0.15) is 0 Å². The largest absolute Gasteiger partial charge is 0.324 e. The third-order valence-corrected chi connectivity index (χ3v) is 4.79. The van der Waals surface area contributed by atoms with Crippen LogP contribution in [-0.2, 0) is 16.4 Å². The number of nitrogens with zero attached hydrogens (tertiary/aromatic N) is 3. The van der Waals surface area contributed by atoms with Gasteiger partial charge in [0.05, 0.1) is 12.3 Å². The minimum atomic E-state index is -3.03. The Hall–Kier alpha value is -1.45. The molecule has 0 saturated heterocycles. The molecule has 0 bridgehead atoms. The van der Waals surface area contributed by atoms with Crippen LogP contribution in [0, 0.1) is 5.82 Å². The van der Waals surface area contributed by atoms with Crippen LogP contribution < -0.4 is 5.73 Å². The topological polar surface area (TPSA) is 90.9 Å². The number of nitrogens with two attached hydrogens (primary N) is 1. The molecule has 0 fully saturated rings. The number of halogens is 1. The number of hydrogen-bond donors (Lipinski definition) is 1. The molecule has 0 atom stereocenters. The molecule has 0 aliphatic heterocycles. The van der Waals surface area contributed by atoms with E-state index in [0.717, 1.165) is 0 Å². The lowest BCUT2D eigenvalue weighted by Gasteiger charge is -2.09. The van der Waals surface area contributed by atoms with Crippen molar-refractivity contribution in [3.8, 4) is 5.69 Å². The van der Waals surface area contributed by atoms with Crippen LogP contribution >= 0.6 is 11.8 Å². The van der Waals surface area contributed by atoms with Crippen LogP contribution in [0.25, 0.3) is 5.69 Å². The summed E-state index contributed by atoms with van der Waals surface area (Å²) in [5, 5.41) is 8.52. The lowest BCUT2D eigenvalue weighted by molar-refractivity contribution is 0.603. The van der Waals surface area contributed by atoms with Gasteiger partial charge in [0.15, 0.2) is 11.0 Å². The summed E-state index contributed by atoms with van der Waals surface area (Å²) in [6.07, 6.45) is 1.18. The molecule has 0 saturated carbocycles. The number of sulfone groups is 1. The average molecular weight is 330 g/mol. The molecule has 2 N–H and O–H groups in total. The fourth-order valence-corrected chi connectivity index (χ4v) is 3.83. The molecule has 9 heteroatoms. The van der Waals surface area contributed by atoms with E-state index < -0.39 is 9.84 Å². The summed E-state index contributed by atoms with van der Waals surface area (Å²) in [5.74, 6) is 0.602. The van der Waals surface area contributed by atoms with E-state index in [9.17, 15) is 12.8 Å². The normalized spacial score (nSPS) is 11.8. The first-order chi connectivity index (χ1) is 9.90. The molecule has 2 aromatic rings. The highest BCUT2D eigenvalue weighted by Crippen LogP contribution is 2.22. The van der Waals surface area contributed by atoms with Gasteiger partial charge in [0, 0.05) is 17.7 Å². The maximum atomic E-state index is 13.0. The summed E-state index contributed by atoms with van der Waals surface area (Å²) in [6, 6.07) is 5.86. The quantitative estimate of drug-likeness (QED) is 0.795. The monoisotopic (exact) mass is 330 g/mol. The molecule has 0 radical (unpaired) electrons. The highest BCUT2D eigenvalue weighted by atomic mass is 32.2. The van der Waals surface area contributed by atoms with E-state index in [1.807, 2.05) is 0 Å². The lowest BCUT2D eigenvalue weighted by Crippen LogP contribution is -2.09. The van der Waals surface area contributed by atoms with Crippen molar-refractivity contribution < 1.29 is 12.8 Å². The SMILES string of the molecule is CS(=O)(=O)CCSc1nnc(CN)n1-c1ccc(F)cc1. The molecule has 1 aromatic carbocycles. The number of aromatic nitrogens is 3. The zero-order valence-corrected chi connectivity index (χ0v) is 13.0.